The molecule has 1 aromatic rings. The molecular weight excluding hydrogens is 222 g/mol. The summed E-state index contributed by atoms with van der Waals surface area (Å²) in [6, 6.07) is -0.0650. The monoisotopic (exact) mass is 239 g/mol. The zero-order valence-electron chi connectivity index (χ0n) is 10.2. The molecule has 0 aliphatic heterocycles. The van der Waals surface area contributed by atoms with Crippen molar-refractivity contribution in [2.75, 3.05) is 6.54 Å². The molecule has 94 valence electrons. The Morgan fingerprint density at radius 3 is 2.76 bits per heavy atom. The molecule has 0 bridgehead atoms. The van der Waals surface area contributed by atoms with Crippen LogP contribution in [0.4, 0.5) is 0 Å². The second-order valence-corrected chi connectivity index (χ2v) is 4.04. The molecule has 7 nitrogen and oxygen atoms in total. The van der Waals surface area contributed by atoms with Gasteiger partial charge in [-0.05, 0) is 13.8 Å². The maximum atomic E-state index is 12.1. The first-order valence-corrected chi connectivity index (χ1v) is 5.21. The van der Waals surface area contributed by atoms with Crippen LogP contribution in [0.25, 0.3) is 0 Å². The van der Waals surface area contributed by atoms with Gasteiger partial charge in [-0.1, -0.05) is 5.16 Å². The molecule has 1 aromatic heterocycles. The molecule has 0 unspecified atom stereocenters. The quantitative estimate of drug-likeness (QED) is 0.335. The van der Waals surface area contributed by atoms with Gasteiger partial charge in [-0.15, -0.1) is 0 Å². The highest BCUT2D eigenvalue weighted by molar-refractivity contribution is 5.95. The summed E-state index contributed by atoms with van der Waals surface area (Å²) in [5.41, 5.74) is 5.75. The number of oxime groups is 1. The van der Waals surface area contributed by atoms with E-state index in [2.05, 4.69) is 10.1 Å². The summed E-state index contributed by atoms with van der Waals surface area (Å²) in [5.74, 6) is -0.254. The number of imidazole rings is 1. The molecule has 0 aromatic carbocycles. The van der Waals surface area contributed by atoms with Gasteiger partial charge in [-0.3, -0.25) is 4.79 Å². The van der Waals surface area contributed by atoms with Gasteiger partial charge in [0.15, 0.2) is 5.84 Å². The van der Waals surface area contributed by atoms with E-state index in [0.29, 0.717) is 5.69 Å². The molecular formula is C10H17N5O2. The lowest BCUT2D eigenvalue weighted by molar-refractivity contribution is 0.0728. The maximum Gasteiger partial charge on any atom is 0.274 e. The molecule has 0 saturated heterocycles. The summed E-state index contributed by atoms with van der Waals surface area (Å²) < 4.78 is 1.69. The van der Waals surface area contributed by atoms with Crippen molar-refractivity contribution in [3.63, 3.8) is 0 Å². The molecule has 0 aliphatic rings. The van der Waals surface area contributed by atoms with Gasteiger partial charge in [0, 0.05) is 19.3 Å². The number of amides is 1. The number of nitrogens with zero attached hydrogens (tertiary/aromatic N) is 4. The third-order valence-electron chi connectivity index (χ3n) is 2.27. The smallest absolute Gasteiger partial charge is 0.274 e. The van der Waals surface area contributed by atoms with Crippen LogP contribution >= 0.6 is 0 Å². The van der Waals surface area contributed by atoms with Crippen LogP contribution in [0.1, 0.15) is 24.3 Å². The maximum absolute atomic E-state index is 12.1. The average molecular weight is 239 g/mol. The third kappa shape index (κ3) is 3.20. The Hall–Kier alpha value is -2.05. The minimum absolute atomic E-state index is 0.0111. The first-order chi connectivity index (χ1) is 7.95. The van der Waals surface area contributed by atoms with Gasteiger partial charge in [-0.25, -0.2) is 4.98 Å². The van der Waals surface area contributed by atoms with Gasteiger partial charge >= 0.3 is 0 Å². The van der Waals surface area contributed by atoms with E-state index < -0.39 is 0 Å². The summed E-state index contributed by atoms with van der Waals surface area (Å²) in [6.45, 7) is 3.78. The summed E-state index contributed by atoms with van der Waals surface area (Å²) in [5, 5.41) is 11.4. The van der Waals surface area contributed by atoms with Crippen LogP contribution < -0.4 is 5.73 Å². The Labute approximate surface area is 99.5 Å². The first kappa shape index (κ1) is 13.0. The van der Waals surface area contributed by atoms with Gasteiger partial charge in [0.2, 0.25) is 0 Å². The van der Waals surface area contributed by atoms with Gasteiger partial charge < -0.3 is 20.4 Å². The number of amidine groups is 1. The fourth-order valence-electron chi connectivity index (χ4n) is 1.37. The number of aryl methyl sites for hydroxylation is 1. The predicted molar refractivity (Wildman–Crippen MR) is 62.8 cm³/mol. The van der Waals surface area contributed by atoms with Crippen LogP contribution in [0.5, 0.6) is 0 Å². The molecule has 0 radical (unpaired) electrons. The fraction of sp³-hybridized carbons (Fsp3) is 0.500. The number of aromatic nitrogens is 2. The zero-order valence-corrected chi connectivity index (χ0v) is 10.2. The number of nitrogens with two attached hydrogens (primary N) is 1. The minimum atomic E-state index is -0.243. The molecule has 1 amide bonds. The number of rotatable bonds is 4. The zero-order chi connectivity index (χ0) is 13.0. The molecule has 0 atom stereocenters. The Morgan fingerprint density at radius 2 is 2.35 bits per heavy atom. The molecule has 3 N–H and O–H groups in total. The number of carbonyl (C=O) groups is 1. The highest BCUT2D eigenvalue weighted by Gasteiger charge is 2.21. The second-order valence-electron chi connectivity index (χ2n) is 4.04. The summed E-state index contributed by atoms with van der Waals surface area (Å²) in [6.07, 6.45) is 3.18. The van der Waals surface area contributed by atoms with Crippen molar-refractivity contribution in [1.29, 1.82) is 0 Å². The molecule has 17 heavy (non-hydrogen) atoms. The lowest BCUT2D eigenvalue weighted by atomic mass is 10.2. The third-order valence-corrected chi connectivity index (χ3v) is 2.27. The molecule has 0 spiro atoms. The molecule has 1 heterocycles. The van der Waals surface area contributed by atoms with Gasteiger partial charge in [0.25, 0.3) is 5.91 Å². The van der Waals surface area contributed by atoms with Crippen molar-refractivity contribution < 1.29 is 10.0 Å². The Kier molecular flexibility index (Phi) is 4.08. The van der Waals surface area contributed by atoms with Crippen molar-refractivity contribution in [3.05, 3.63) is 18.2 Å². The van der Waals surface area contributed by atoms with Crippen molar-refractivity contribution in [1.82, 2.24) is 14.5 Å². The van der Waals surface area contributed by atoms with E-state index >= 15 is 0 Å². The van der Waals surface area contributed by atoms with Gasteiger partial charge in [0.05, 0.1) is 12.9 Å². The lowest BCUT2D eigenvalue weighted by Gasteiger charge is -2.25. The van der Waals surface area contributed by atoms with E-state index in [0.717, 1.165) is 0 Å². The molecule has 7 heteroatoms. The number of carbonyl (C=O) groups excluding carboxylic acids is 1. The van der Waals surface area contributed by atoms with E-state index in [1.807, 2.05) is 13.8 Å². The highest BCUT2D eigenvalue weighted by Crippen LogP contribution is 2.06. The Balaban J connectivity index is 2.88. The summed E-state index contributed by atoms with van der Waals surface area (Å²) in [4.78, 5) is 17.6. The van der Waals surface area contributed by atoms with Crippen LogP contribution in [0.15, 0.2) is 17.7 Å². The van der Waals surface area contributed by atoms with Crippen molar-refractivity contribution in [2.45, 2.75) is 19.9 Å². The predicted octanol–water partition coefficient (Wildman–Crippen LogP) is 0.0171. The van der Waals surface area contributed by atoms with Crippen LogP contribution in [0.2, 0.25) is 0 Å². The standard InChI is InChI=1S/C10H17N5O2/c1-7(2)15(5-9(11)13-17)10(16)8-4-14(3)6-12-8/h4,6-7,17H,5H2,1-3H3,(H2,11,13). The van der Waals surface area contributed by atoms with Crippen molar-refractivity contribution in [2.24, 2.45) is 17.9 Å². The van der Waals surface area contributed by atoms with Crippen LogP contribution in [0.3, 0.4) is 0 Å². The van der Waals surface area contributed by atoms with Crippen molar-refractivity contribution in [3.8, 4) is 0 Å². The van der Waals surface area contributed by atoms with Crippen molar-refractivity contribution >= 4 is 11.7 Å². The largest absolute Gasteiger partial charge is 0.409 e. The van der Waals surface area contributed by atoms with E-state index in [-0.39, 0.29) is 24.3 Å². The van der Waals surface area contributed by atoms with Crippen LogP contribution in [-0.4, -0.2) is 44.0 Å². The molecule has 1 rings (SSSR count). The number of hydrogen-bond acceptors (Lipinski definition) is 4. The summed E-state index contributed by atoms with van der Waals surface area (Å²) >= 11 is 0. The van der Waals surface area contributed by atoms with E-state index in [9.17, 15) is 4.79 Å². The first-order valence-electron chi connectivity index (χ1n) is 5.21. The van der Waals surface area contributed by atoms with Gasteiger partial charge in [-0.2, -0.15) is 0 Å². The Morgan fingerprint density at radius 1 is 1.71 bits per heavy atom. The minimum Gasteiger partial charge on any atom is -0.409 e. The average Bonchev–Trinajstić information content (AvgIpc) is 2.71. The lowest BCUT2D eigenvalue weighted by Crippen LogP contribution is -2.43. The molecule has 0 fully saturated rings. The van der Waals surface area contributed by atoms with E-state index in [1.54, 1.807) is 24.1 Å². The molecule has 0 aliphatic carbocycles. The SMILES string of the molecule is CC(C)N(CC(N)=NO)C(=O)c1cn(C)cn1. The van der Waals surface area contributed by atoms with Gasteiger partial charge in [0.1, 0.15) is 5.69 Å². The van der Waals surface area contributed by atoms with Crippen LogP contribution in [-0.2, 0) is 7.05 Å². The van der Waals surface area contributed by atoms with Crippen LogP contribution in [0, 0.1) is 0 Å². The topological polar surface area (TPSA) is 96.7 Å². The normalized spacial score (nSPS) is 11.9. The van der Waals surface area contributed by atoms with E-state index in [4.69, 9.17) is 10.9 Å². The number of hydrogen-bond donors (Lipinski definition) is 2. The second kappa shape index (κ2) is 5.33. The fourth-order valence-corrected chi connectivity index (χ4v) is 1.37. The highest BCUT2D eigenvalue weighted by atomic mass is 16.4. The van der Waals surface area contributed by atoms with E-state index in [1.165, 1.54) is 4.90 Å². The Bertz CT molecular complexity index is 424. The molecule has 0 saturated carbocycles. The summed E-state index contributed by atoms with van der Waals surface area (Å²) in [7, 11) is 1.78.